The number of nitrogens with zero attached hydrogens (tertiary/aromatic N) is 1. The Labute approximate surface area is 158 Å². The highest BCUT2D eigenvalue weighted by Gasteiger charge is 2.12. The van der Waals surface area contributed by atoms with Crippen molar-refractivity contribution in [2.24, 2.45) is 0 Å². The normalized spacial score (nSPS) is 13.0. The lowest BCUT2D eigenvalue weighted by Crippen LogP contribution is -2.42. The first kappa shape index (κ1) is 18.1. The highest BCUT2D eigenvalue weighted by atomic mass is 32.1. The fraction of sp³-hybridized carbons (Fsp3) is 0.238. The molecule has 0 fully saturated rings. The van der Waals surface area contributed by atoms with E-state index in [9.17, 15) is 4.79 Å². The molecule has 3 rings (SSSR count). The van der Waals surface area contributed by atoms with Crippen molar-refractivity contribution in [3.8, 4) is 11.1 Å². The molecule has 26 heavy (non-hydrogen) atoms. The Morgan fingerprint density at radius 3 is 2.35 bits per heavy atom. The Morgan fingerprint density at radius 2 is 1.69 bits per heavy atom. The van der Waals surface area contributed by atoms with Crippen LogP contribution >= 0.6 is 11.3 Å². The Kier molecular flexibility index (Phi) is 6.02. The van der Waals surface area contributed by atoms with E-state index < -0.39 is 0 Å². The average Bonchev–Trinajstić information content (AvgIpc) is 3.15. The van der Waals surface area contributed by atoms with Gasteiger partial charge in [0.1, 0.15) is 0 Å². The van der Waals surface area contributed by atoms with Gasteiger partial charge < -0.3 is 10.6 Å². The quantitative estimate of drug-likeness (QED) is 0.659. The fourth-order valence-electron chi connectivity index (χ4n) is 2.84. The monoisotopic (exact) mass is 365 g/mol. The van der Waals surface area contributed by atoms with Gasteiger partial charge in [-0.25, -0.2) is 4.79 Å². The number of hydrogen-bond donors (Lipinski definition) is 2. The molecule has 0 saturated carbocycles. The zero-order valence-electron chi connectivity index (χ0n) is 15.0. The summed E-state index contributed by atoms with van der Waals surface area (Å²) < 4.78 is 0. The van der Waals surface area contributed by atoms with Gasteiger partial charge in [-0.3, -0.25) is 4.98 Å². The summed E-state index contributed by atoms with van der Waals surface area (Å²) in [4.78, 5) is 17.5. The van der Waals surface area contributed by atoms with Crippen LogP contribution < -0.4 is 10.6 Å². The van der Waals surface area contributed by atoms with Gasteiger partial charge in [-0.1, -0.05) is 30.3 Å². The summed E-state index contributed by atoms with van der Waals surface area (Å²) in [5.41, 5.74) is 3.34. The summed E-state index contributed by atoms with van der Waals surface area (Å²) in [7, 11) is 0. The van der Waals surface area contributed by atoms with E-state index in [4.69, 9.17) is 0 Å². The van der Waals surface area contributed by atoms with Gasteiger partial charge >= 0.3 is 6.03 Å². The van der Waals surface area contributed by atoms with E-state index in [2.05, 4.69) is 51.3 Å². The van der Waals surface area contributed by atoms with Crippen molar-refractivity contribution in [3.05, 3.63) is 76.7 Å². The molecule has 2 amide bonds. The first-order valence-electron chi connectivity index (χ1n) is 8.71. The second-order valence-electron chi connectivity index (χ2n) is 6.38. The van der Waals surface area contributed by atoms with Crippen molar-refractivity contribution in [2.45, 2.75) is 32.4 Å². The molecule has 2 N–H and O–H groups in total. The number of benzene rings is 1. The van der Waals surface area contributed by atoms with E-state index in [1.165, 1.54) is 4.88 Å². The molecule has 0 bridgehead atoms. The summed E-state index contributed by atoms with van der Waals surface area (Å²) in [6.45, 7) is 4.01. The van der Waals surface area contributed by atoms with Crippen molar-refractivity contribution >= 4 is 17.4 Å². The number of carbonyl (C=O) groups is 1. The summed E-state index contributed by atoms with van der Waals surface area (Å²) in [5, 5.41) is 8.07. The van der Waals surface area contributed by atoms with Crippen LogP contribution in [0.5, 0.6) is 0 Å². The minimum absolute atomic E-state index is 0.0598. The molecule has 134 valence electrons. The second-order valence-corrected chi connectivity index (χ2v) is 7.41. The molecule has 0 aliphatic rings. The molecule has 5 heteroatoms. The molecule has 4 nitrogen and oxygen atoms in total. The molecule has 2 aromatic heterocycles. The van der Waals surface area contributed by atoms with E-state index in [0.29, 0.717) is 0 Å². The first-order chi connectivity index (χ1) is 12.6. The smallest absolute Gasteiger partial charge is 0.315 e. The largest absolute Gasteiger partial charge is 0.335 e. The predicted octanol–water partition coefficient (Wildman–Crippen LogP) is 4.80. The van der Waals surface area contributed by atoms with Crippen LogP contribution in [0.4, 0.5) is 4.79 Å². The van der Waals surface area contributed by atoms with Crippen molar-refractivity contribution in [2.75, 3.05) is 0 Å². The van der Waals surface area contributed by atoms with E-state index >= 15 is 0 Å². The minimum atomic E-state index is -0.139. The molecule has 0 saturated heterocycles. The summed E-state index contributed by atoms with van der Waals surface area (Å²) in [6, 6.07) is 16.2. The highest BCUT2D eigenvalue weighted by molar-refractivity contribution is 7.09. The Hall–Kier alpha value is -2.66. The molecule has 0 aliphatic heterocycles. The topological polar surface area (TPSA) is 54.0 Å². The lowest BCUT2D eigenvalue weighted by molar-refractivity contribution is 0.235. The Balaban J connectivity index is 1.54. The average molecular weight is 366 g/mol. The molecule has 0 spiro atoms. The zero-order valence-corrected chi connectivity index (χ0v) is 15.8. The van der Waals surface area contributed by atoms with Gasteiger partial charge in [0.15, 0.2) is 0 Å². The maximum Gasteiger partial charge on any atom is 0.315 e. The number of nitrogens with one attached hydrogen (secondary N) is 2. The van der Waals surface area contributed by atoms with Crippen LogP contribution in [0.25, 0.3) is 11.1 Å². The Morgan fingerprint density at radius 1 is 1.00 bits per heavy atom. The van der Waals surface area contributed by atoms with Crippen LogP contribution in [0.2, 0.25) is 0 Å². The summed E-state index contributed by atoms with van der Waals surface area (Å²) in [6.07, 6.45) is 4.42. The molecule has 2 heterocycles. The lowest BCUT2D eigenvalue weighted by atomic mass is 10.0. The third kappa shape index (κ3) is 4.92. The predicted molar refractivity (Wildman–Crippen MR) is 107 cm³/mol. The number of urea groups is 1. The molecule has 0 aliphatic carbocycles. The number of rotatable bonds is 6. The molecular weight excluding hydrogens is 342 g/mol. The summed E-state index contributed by atoms with van der Waals surface area (Å²) in [5.74, 6) is 0. The van der Waals surface area contributed by atoms with Gasteiger partial charge in [-0.15, -0.1) is 11.3 Å². The number of hydrogen-bond acceptors (Lipinski definition) is 3. The van der Waals surface area contributed by atoms with E-state index in [0.717, 1.165) is 23.1 Å². The van der Waals surface area contributed by atoms with Gasteiger partial charge in [-0.05, 0) is 54.1 Å². The fourth-order valence-corrected chi connectivity index (χ4v) is 3.67. The summed E-state index contributed by atoms with van der Waals surface area (Å²) >= 11 is 1.71. The number of thiophene rings is 1. The number of carbonyl (C=O) groups excluding carboxylic acids is 1. The number of amides is 2. The van der Waals surface area contributed by atoms with E-state index in [1.807, 2.05) is 32.0 Å². The van der Waals surface area contributed by atoms with Gasteiger partial charge in [0, 0.05) is 29.7 Å². The molecular formula is C21H23N3OS. The minimum Gasteiger partial charge on any atom is -0.335 e. The first-order valence-corrected chi connectivity index (χ1v) is 9.59. The highest BCUT2D eigenvalue weighted by Crippen LogP contribution is 2.21. The maximum atomic E-state index is 12.2. The number of aromatic nitrogens is 1. The molecule has 2 atom stereocenters. The van der Waals surface area contributed by atoms with Crippen LogP contribution in [0.3, 0.4) is 0 Å². The van der Waals surface area contributed by atoms with E-state index in [-0.39, 0.29) is 18.1 Å². The zero-order chi connectivity index (χ0) is 18.4. The van der Waals surface area contributed by atoms with Crippen molar-refractivity contribution in [1.29, 1.82) is 0 Å². The SMILES string of the molecule is CC(Cc1cccs1)NC(=O)NC(C)c1ccc(-c2ccncc2)cc1. The van der Waals surface area contributed by atoms with Crippen LogP contribution in [0.1, 0.15) is 30.3 Å². The van der Waals surface area contributed by atoms with Crippen molar-refractivity contribution < 1.29 is 4.79 Å². The third-order valence-electron chi connectivity index (χ3n) is 4.24. The van der Waals surface area contributed by atoms with Crippen LogP contribution in [0, 0.1) is 0 Å². The lowest BCUT2D eigenvalue weighted by Gasteiger charge is -2.18. The Bertz CT molecular complexity index is 816. The van der Waals surface area contributed by atoms with Crippen LogP contribution in [0.15, 0.2) is 66.3 Å². The molecule has 2 unspecified atom stereocenters. The van der Waals surface area contributed by atoms with Crippen molar-refractivity contribution in [3.63, 3.8) is 0 Å². The molecule has 3 aromatic rings. The second kappa shape index (κ2) is 8.63. The molecule has 0 radical (unpaired) electrons. The van der Waals surface area contributed by atoms with Gasteiger partial charge in [0.25, 0.3) is 0 Å². The van der Waals surface area contributed by atoms with Gasteiger partial charge in [0.05, 0.1) is 6.04 Å². The third-order valence-corrected chi connectivity index (χ3v) is 5.14. The van der Waals surface area contributed by atoms with Gasteiger partial charge in [-0.2, -0.15) is 0 Å². The van der Waals surface area contributed by atoms with E-state index in [1.54, 1.807) is 23.7 Å². The van der Waals surface area contributed by atoms with Crippen molar-refractivity contribution in [1.82, 2.24) is 15.6 Å². The maximum absolute atomic E-state index is 12.2. The van der Waals surface area contributed by atoms with Crippen LogP contribution in [-0.2, 0) is 6.42 Å². The van der Waals surface area contributed by atoms with Gasteiger partial charge in [0.2, 0.25) is 0 Å². The number of pyridine rings is 1. The molecule has 1 aromatic carbocycles. The standard InChI is InChI=1S/C21H23N3OS/c1-15(14-20-4-3-13-26-20)23-21(25)24-16(2)17-5-7-18(8-6-17)19-9-11-22-12-10-19/h3-13,15-16H,14H2,1-2H3,(H2,23,24,25). The van der Waals surface area contributed by atoms with Crippen LogP contribution in [-0.4, -0.2) is 17.1 Å².